The van der Waals surface area contributed by atoms with E-state index >= 15 is 0 Å². The van der Waals surface area contributed by atoms with Crippen molar-refractivity contribution in [3.8, 4) is 44.9 Å². The lowest BCUT2D eigenvalue weighted by atomic mass is 9.86. The summed E-state index contributed by atoms with van der Waals surface area (Å²) in [6.45, 7) is 0. The Hall–Kier alpha value is -6.98. The van der Waals surface area contributed by atoms with Gasteiger partial charge < -0.3 is 9.05 Å². The van der Waals surface area contributed by atoms with Crippen molar-refractivity contribution < 1.29 is 27.1 Å². The zero-order valence-electron chi connectivity index (χ0n) is 36.7. The van der Waals surface area contributed by atoms with E-state index in [-0.39, 0.29) is 0 Å². The predicted molar refractivity (Wildman–Crippen MR) is 274 cm³/mol. The van der Waals surface area contributed by atoms with Gasteiger partial charge in [-0.25, -0.2) is 0 Å². The molecule has 2 fully saturated rings. The van der Waals surface area contributed by atoms with Crippen molar-refractivity contribution >= 4 is 38.7 Å². The number of hydrogen-bond acceptors (Lipinski definition) is 6. The first kappa shape index (κ1) is 42.4. The number of fused-ring (bicyclic) bond motifs is 2. The van der Waals surface area contributed by atoms with Crippen molar-refractivity contribution in [2.24, 2.45) is 0 Å². The van der Waals surface area contributed by atoms with Gasteiger partial charge in [-0.15, -0.1) is 0 Å². The molecule has 2 heterocycles. The Morgan fingerprint density at radius 1 is 0.294 bits per heavy atom. The Labute approximate surface area is 398 Å². The molecule has 68 heavy (non-hydrogen) atoms. The van der Waals surface area contributed by atoms with Gasteiger partial charge in [-0.3, -0.25) is 18.1 Å². The zero-order chi connectivity index (χ0) is 45.2. The molecule has 12 rings (SSSR count). The van der Waals surface area contributed by atoms with Gasteiger partial charge in [0.15, 0.2) is 0 Å². The minimum Gasteiger partial charge on any atom is -0.425 e. The summed E-state index contributed by atoms with van der Waals surface area (Å²) in [5.41, 5.74) is 9.47. The normalized spacial score (nSPS) is 18.5. The largest absolute Gasteiger partial charge is 0.425 e. The molecule has 0 aliphatic carbocycles. The average Bonchev–Trinajstić information content (AvgIpc) is 4.05. The van der Waals surface area contributed by atoms with Gasteiger partial charge in [0, 0.05) is 22.3 Å². The summed E-state index contributed by atoms with van der Waals surface area (Å²) in [4.78, 5) is 0. The molecule has 2 saturated heterocycles. The first-order valence-corrected chi connectivity index (χ1v) is 25.0. The van der Waals surface area contributed by atoms with Crippen molar-refractivity contribution in [1.82, 2.24) is 0 Å². The van der Waals surface area contributed by atoms with Crippen LogP contribution in [0.1, 0.15) is 46.7 Å². The van der Waals surface area contributed by atoms with Crippen LogP contribution >= 0.6 is 17.2 Å². The van der Waals surface area contributed by atoms with Gasteiger partial charge in [0.25, 0.3) is 0 Å². The molecule has 0 saturated carbocycles. The van der Waals surface area contributed by atoms with Crippen LogP contribution in [0.15, 0.2) is 243 Å². The zero-order valence-corrected chi connectivity index (χ0v) is 38.5. The summed E-state index contributed by atoms with van der Waals surface area (Å²) in [7, 11) is -3.97. The van der Waals surface area contributed by atoms with Crippen LogP contribution < -0.4 is 9.05 Å². The first-order valence-electron chi connectivity index (χ1n) is 22.8. The standard InChI is InChI=1S/C60H44O6P2/c1-7-23-41(24-8-1)51-39-47-35-19-21-37-49(47)53(59(51)65-67-61-55(43-27-11-3-12-28-43)56(62-67)44-29-13-4-14-30-44)54-50-38-22-20-36-48(50)40-52(42-25-9-2-10-26-42)60(54)66-68-63-57(45-31-15-5-16-32-45)58(64-68)46-33-17-6-18-34-46/h1-40,55-58H/t55-,56-,57-,58-/m0/s1. The van der Waals surface area contributed by atoms with Crippen LogP contribution in [0.25, 0.3) is 54.9 Å². The Kier molecular flexibility index (Phi) is 11.8. The van der Waals surface area contributed by atoms with Gasteiger partial charge in [0.1, 0.15) is 35.9 Å². The van der Waals surface area contributed by atoms with E-state index in [9.17, 15) is 0 Å². The fraction of sp³-hybridized carbons (Fsp3) is 0.0667. The van der Waals surface area contributed by atoms with Crippen LogP contribution in [0.3, 0.4) is 0 Å². The average molecular weight is 923 g/mol. The van der Waals surface area contributed by atoms with Gasteiger partial charge in [0.05, 0.1) is 0 Å². The molecule has 0 unspecified atom stereocenters. The van der Waals surface area contributed by atoms with Crippen LogP contribution in [0.4, 0.5) is 0 Å². The molecule has 4 atom stereocenters. The second kappa shape index (κ2) is 19.0. The summed E-state index contributed by atoms with van der Waals surface area (Å²) in [5, 5.41) is 4.01. The fourth-order valence-electron chi connectivity index (χ4n) is 9.40. The molecule has 0 bridgehead atoms. The first-order chi connectivity index (χ1) is 33.7. The maximum Gasteiger partial charge on any atom is 0.398 e. The van der Waals surface area contributed by atoms with Crippen molar-refractivity contribution in [3.63, 3.8) is 0 Å². The summed E-state index contributed by atoms with van der Waals surface area (Å²) >= 11 is 0. The van der Waals surface area contributed by atoms with E-state index in [0.717, 1.165) is 77.2 Å². The van der Waals surface area contributed by atoms with Crippen LogP contribution in [-0.4, -0.2) is 0 Å². The summed E-state index contributed by atoms with van der Waals surface area (Å²) < 4.78 is 42.8. The van der Waals surface area contributed by atoms with E-state index in [1.54, 1.807) is 0 Å². The SMILES string of the molecule is c1ccc(-c2cc3ccccc3c(-c3c(OP4O[C@@H](c5ccccc5)[C@H](c5ccccc5)O4)c(-c4ccccc4)cc4ccccc34)c2OP2O[C@@H](c3ccccc3)[C@H](c3ccccc3)O2)cc1. The van der Waals surface area contributed by atoms with Gasteiger partial charge in [-0.05, 0) is 67.1 Å². The third kappa shape index (κ3) is 8.27. The van der Waals surface area contributed by atoms with Crippen molar-refractivity contribution in [2.45, 2.75) is 24.4 Å². The van der Waals surface area contributed by atoms with Crippen LogP contribution in [0.2, 0.25) is 0 Å². The monoisotopic (exact) mass is 922 g/mol. The van der Waals surface area contributed by atoms with Crippen molar-refractivity contribution in [1.29, 1.82) is 0 Å². The smallest absolute Gasteiger partial charge is 0.398 e. The molecule has 8 heteroatoms. The Balaban J connectivity index is 1.09. The van der Waals surface area contributed by atoms with E-state index in [1.807, 2.05) is 84.9 Å². The Morgan fingerprint density at radius 2 is 0.559 bits per heavy atom. The minimum atomic E-state index is -1.98. The molecule has 10 aromatic carbocycles. The van der Waals surface area contributed by atoms with E-state index in [2.05, 4.69) is 158 Å². The van der Waals surface area contributed by atoms with Crippen molar-refractivity contribution in [2.75, 3.05) is 0 Å². The van der Waals surface area contributed by atoms with Gasteiger partial charge in [-0.2, -0.15) is 0 Å². The number of benzene rings is 10. The topological polar surface area (TPSA) is 55.4 Å². The van der Waals surface area contributed by atoms with E-state index in [1.165, 1.54) is 0 Å². The van der Waals surface area contributed by atoms with Gasteiger partial charge >= 0.3 is 17.2 Å². The van der Waals surface area contributed by atoms with Crippen LogP contribution in [0, 0.1) is 0 Å². The second-order valence-corrected chi connectivity index (χ2v) is 18.9. The van der Waals surface area contributed by atoms with E-state index in [0.29, 0.717) is 11.5 Å². The van der Waals surface area contributed by atoms with Crippen LogP contribution in [-0.2, 0) is 18.1 Å². The molecule has 0 N–H and O–H groups in total. The molecule has 10 aromatic rings. The molecule has 0 radical (unpaired) electrons. The predicted octanol–water partition coefficient (Wildman–Crippen LogP) is 17.3. The van der Waals surface area contributed by atoms with Gasteiger partial charge in [0.2, 0.25) is 0 Å². The highest BCUT2D eigenvalue weighted by Gasteiger charge is 2.44. The van der Waals surface area contributed by atoms with E-state index in [4.69, 9.17) is 27.1 Å². The highest BCUT2D eigenvalue weighted by molar-refractivity contribution is 7.42. The van der Waals surface area contributed by atoms with Crippen molar-refractivity contribution in [3.05, 3.63) is 265 Å². The molecule has 0 aromatic heterocycles. The fourth-order valence-corrected chi connectivity index (χ4v) is 12.0. The molecular weight excluding hydrogens is 879 g/mol. The highest BCUT2D eigenvalue weighted by Crippen LogP contribution is 2.65. The summed E-state index contributed by atoms with van der Waals surface area (Å²) in [6.07, 6.45) is -1.65. The Bertz CT molecular complexity index is 3010. The molecule has 2 aliphatic rings. The second-order valence-electron chi connectivity index (χ2n) is 16.8. The third-order valence-corrected chi connectivity index (χ3v) is 14.9. The lowest BCUT2D eigenvalue weighted by molar-refractivity contribution is 0.159. The molecule has 0 spiro atoms. The molecule has 6 nitrogen and oxygen atoms in total. The maximum absolute atomic E-state index is 7.43. The summed E-state index contributed by atoms with van der Waals surface area (Å²) in [6, 6.07) is 83.2. The number of rotatable bonds is 11. The highest BCUT2D eigenvalue weighted by atomic mass is 31.2. The quantitative estimate of drug-likeness (QED) is 0.121. The Morgan fingerprint density at radius 3 is 0.868 bits per heavy atom. The summed E-state index contributed by atoms with van der Waals surface area (Å²) in [5.74, 6) is 1.24. The molecule has 2 aliphatic heterocycles. The van der Waals surface area contributed by atoms with E-state index < -0.39 is 41.6 Å². The molecule has 0 amide bonds. The maximum atomic E-state index is 7.43. The lowest BCUT2D eigenvalue weighted by Gasteiger charge is -2.25. The van der Waals surface area contributed by atoms with Crippen LogP contribution in [0.5, 0.6) is 11.5 Å². The molecular formula is C60H44O6P2. The number of hydrogen-bond donors (Lipinski definition) is 0. The van der Waals surface area contributed by atoms with Gasteiger partial charge in [-0.1, -0.05) is 231 Å². The third-order valence-electron chi connectivity index (χ3n) is 12.6. The lowest BCUT2D eigenvalue weighted by Crippen LogP contribution is -2.06. The molecule has 330 valence electrons. The minimum absolute atomic E-state index is 0.412.